The monoisotopic (exact) mass is 477 g/mol. The number of carbonyl (C=O) groups excluding carboxylic acids is 3. The molecule has 0 radical (unpaired) electrons. The maximum absolute atomic E-state index is 13.2. The molecule has 2 aliphatic carbocycles. The van der Waals surface area contributed by atoms with Crippen molar-refractivity contribution >= 4 is 34.6 Å². The number of benzene rings is 1. The van der Waals surface area contributed by atoms with Gasteiger partial charge < -0.3 is 21.3 Å². The Bertz CT molecular complexity index is 1150. The number of halogens is 3. The highest BCUT2D eigenvalue weighted by atomic mass is 19.4. The number of nitrogens with two attached hydrogens (primary N) is 1. The van der Waals surface area contributed by atoms with Crippen molar-refractivity contribution in [2.24, 2.45) is 17.6 Å². The highest BCUT2D eigenvalue weighted by Crippen LogP contribution is 2.48. The molecule has 5 rings (SSSR count). The number of para-hydroxylation sites is 1. The predicted molar refractivity (Wildman–Crippen MR) is 118 cm³/mol. The number of anilines is 1. The Kier molecular flexibility index (Phi) is 5.44. The van der Waals surface area contributed by atoms with Crippen molar-refractivity contribution in [2.75, 3.05) is 5.32 Å². The van der Waals surface area contributed by atoms with Crippen LogP contribution in [0.2, 0.25) is 0 Å². The van der Waals surface area contributed by atoms with Gasteiger partial charge in [0.15, 0.2) is 0 Å². The smallest absolute Gasteiger partial charge is 0.352 e. The van der Waals surface area contributed by atoms with Crippen LogP contribution < -0.4 is 16.4 Å². The van der Waals surface area contributed by atoms with Gasteiger partial charge in [0.05, 0.1) is 17.1 Å². The van der Waals surface area contributed by atoms with E-state index in [-0.39, 0.29) is 24.8 Å². The minimum atomic E-state index is -4.27. The molecule has 34 heavy (non-hydrogen) atoms. The number of nitrogens with one attached hydrogen (secondary N) is 2. The fraction of sp³-hybridized carbons (Fsp3) is 0.522. The number of rotatable bonds is 3. The molecule has 1 aliphatic heterocycles. The summed E-state index contributed by atoms with van der Waals surface area (Å²) in [5.74, 6) is -1.61. The van der Waals surface area contributed by atoms with Crippen molar-refractivity contribution in [3.05, 3.63) is 30.5 Å². The van der Waals surface area contributed by atoms with E-state index >= 15 is 0 Å². The van der Waals surface area contributed by atoms with Crippen LogP contribution in [0.3, 0.4) is 0 Å². The molecule has 2 aromatic rings. The Morgan fingerprint density at radius 1 is 1.06 bits per heavy atom. The summed E-state index contributed by atoms with van der Waals surface area (Å²) in [5, 5.41) is 6.21. The molecule has 4 amide bonds. The van der Waals surface area contributed by atoms with E-state index in [0.29, 0.717) is 35.9 Å². The van der Waals surface area contributed by atoms with Crippen LogP contribution in [0.25, 0.3) is 10.9 Å². The number of alkyl halides is 3. The highest BCUT2D eigenvalue weighted by molar-refractivity contribution is 6.05. The molecular weight excluding hydrogens is 451 g/mol. The van der Waals surface area contributed by atoms with E-state index in [4.69, 9.17) is 5.73 Å². The zero-order valence-electron chi connectivity index (χ0n) is 18.3. The molecule has 1 aromatic heterocycles. The minimum Gasteiger partial charge on any atom is -0.352 e. The third kappa shape index (κ3) is 4.07. The summed E-state index contributed by atoms with van der Waals surface area (Å²) in [6, 6.07) is 4.44. The topological polar surface area (TPSA) is 109 Å². The number of piperidine rings is 1. The molecule has 4 N–H and O–H groups in total. The van der Waals surface area contributed by atoms with Gasteiger partial charge in [0.2, 0.25) is 5.91 Å². The first kappa shape index (κ1) is 22.5. The Balaban J connectivity index is 1.30. The third-order valence-corrected chi connectivity index (χ3v) is 7.32. The fourth-order valence-corrected chi connectivity index (χ4v) is 5.54. The predicted octanol–water partition coefficient (Wildman–Crippen LogP) is 3.80. The average Bonchev–Trinajstić information content (AvgIpc) is 3.29. The number of hydrogen-bond donors (Lipinski definition) is 3. The van der Waals surface area contributed by atoms with E-state index in [9.17, 15) is 27.6 Å². The second kappa shape index (κ2) is 8.21. The summed E-state index contributed by atoms with van der Waals surface area (Å²) >= 11 is 0. The van der Waals surface area contributed by atoms with Crippen LogP contribution in [0.1, 0.15) is 38.5 Å². The first-order valence-corrected chi connectivity index (χ1v) is 11.5. The fourth-order valence-electron chi connectivity index (χ4n) is 5.54. The number of hydrogen-bond acceptors (Lipinski definition) is 3. The van der Waals surface area contributed by atoms with Gasteiger partial charge in [-0.2, -0.15) is 13.2 Å². The molecule has 2 heterocycles. The molecule has 8 nitrogen and oxygen atoms in total. The van der Waals surface area contributed by atoms with Crippen molar-refractivity contribution < 1.29 is 27.6 Å². The van der Waals surface area contributed by atoms with Crippen LogP contribution in [0.15, 0.2) is 30.5 Å². The van der Waals surface area contributed by atoms with Gasteiger partial charge in [-0.25, -0.2) is 9.59 Å². The molecule has 182 valence electrons. The normalized spacial score (nSPS) is 28.4. The summed E-state index contributed by atoms with van der Waals surface area (Å²) in [4.78, 5) is 39.5. The maximum Gasteiger partial charge on any atom is 0.391 e. The molecule has 0 unspecified atom stereocenters. The van der Waals surface area contributed by atoms with E-state index < -0.39 is 42.1 Å². The number of aromatic nitrogens is 1. The van der Waals surface area contributed by atoms with Crippen molar-refractivity contribution in [3.63, 3.8) is 0 Å². The van der Waals surface area contributed by atoms with Gasteiger partial charge in [0.25, 0.3) is 0 Å². The van der Waals surface area contributed by atoms with Crippen molar-refractivity contribution in [1.29, 1.82) is 0 Å². The van der Waals surface area contributed by atoms with Crippen LogP contribution >= 0.6 is 0 Å². The average molecular weight is 477 g/mol. The van der Waals surface area contributed by atoms with Gasteiger partial charge in [0.1, 0.15) is 6.04 Å². The minimum absolute atomic E-state index is 0.0745. The van der Waals surface area contributed by atoms with Crippen LogP contribution in [-0.2, 0) is 4.79 Å². The number of primary amides is 1. The zero-order valence-corrected chi connectivity index (χ0v) is 18.3. The quantitative estimate of drug-likeness (QED) is 0.626. The summed E-state index contributed by atoms with van der Waals surface area (Å²) in [7, 11) is 0. The second-order valence-corrected chi connectivity index (χ2v) is 9.53. The summed E-state index contributed by atoms with van der Waals surface area (Å²) in [6.07, 6.45) is -0.698. The SMILES string of the molecule is NC(=O)n1cc(NC(=O)N2[C@@H]3C[C@@H]3C[C@H]2C(=O)N[C@@H]2CCC[C@H](C(F)(F)F)C2)c2ccccc21. The van der Waals surface area contributed by atoms with Gasteiger partial charge in [-0.05, 0) is 44.1 Å². The van der Waals surface area contributed by atoms with E-state index in [2.05, 4.69) is 10.6 Å². The zero-order chi connectivity index (χ0) is 24.2. The largest absolute Gasteiger partial charge is 0.391 e. The van der Waals surface area contributed by atoms with Crippen LogP contribution in [0.5, 0.6) is 0 Å². The lowest BCUT2D eigenvalue weighted by molar-refractivity contribution is -0.184. The van der Waals surface area contributed by atoms with Crippen LogP contribution in [-0.4, -0.2) is 51.7 Å². The second-order valence-electron chi connectivity index (χ2n) is 9.53. The number of nitrogens with zero attached hydrogens (tertiary/aromatic N) is 2. The molecule has 11 heteroatoms. The molecule has 1 saturated heterocycles. The lowest BCUT2D eigenvalue weighted by Crippen LogP contribution is -2.52. The summed E-state index contributed by atoms with van der Waals surface area (Å²) in [6.45, 7) is 0. The Labute approximate surface area is 193 Å². The van der Waals surface area contributed by atoms with Gasteiger partial charge in [-0.15, -0.1) is 0 Å². The molecule has 0 bridgehead atoms. The molecule has 2 saturated carbocycles. The first-order valence-electron chi connectivity index (χ1n) is 11.5. The van der Waals surface area contributed by atoms with Gasteiger partial charge in [-0.1, -0.05) is 24.6 Å². The number of amides is 4. The maximum atomic E-state index is 13.2. The highest BCUT2D eigenvalue weighted by Gasteiger charge is 2.56. The number of fused-ring (bicyclic) bond motifs is 2. The van der Waals surface area contributed by atoms with Crippen molar-refractivity contribution in [3.8, 4) is 0 Å². The molecule has 3 aliphatic rings. The lowest BCUT2D eigenvalue weighted by Gasteiger charge is -2.33. The number of likely N-dealkylation sites (tertiary alicyclic amines) is 1. The first-order chi connectivity index (χ1) is 16.1. The number of carbonyl (C=O) groups is 3. The van der Waals surface area contributed by atoms with Crippen LogP contribution in [0, 0.1) is 11.8 Å². The number of urea groups is 1. The van der Waals surface area contributed by atoms with Crippen molar-refractivity contribution in [2.45, 2.75) is 62.8 Å². The molecule has 3 fully saturated rings. The Morgan fingerprint density at radius 2 is 1.82 bits per heavy atom. The van der Waals surface area contributed by atoms with Crippen molar-refractivity contribution in [1.82, 2.24) is 14.8 Å². The summed E-state index contributed by atoms with van der Waals surface area (Å²) in [5.41, 5.74) is 6.37. The molecule has 5 atom stereocenters. The summed E-state index contributed by atoms with van der Waals surface area (Å²) < 4.78 is 40.7. The lowest BCUT2D eigenvalue weighted by atomic mass is 9.85. The van der Waals surface area contributed by atoms with E-state index in [0.717, 1.165) is 6.42 Å². The molecule has 1 aromatic carbocycles. The standard InChI is InChI=1S/C23H26F3N5O3/c24-23(25,26)13-4-3-5-14(10-13)28-20(32)19-9-12-8-18(12)31(19)22(34)29-16-11-30(21(27)33)17-7-2-1-6-15(16)17/h1-2,6-7,11-14,18-19H,3-5,8-10H2,(H2,27,33)(H,28,32)(H,29,34)/t12-,13+,14-,18-,19+/m1/s1. The van der Waals surface area contributed by atoms with Gasteiger partial charge in [-0.3, -0.25) is 9.36 Å². The van der Waals surface area contributed by atoms with Crippen LogP contribution in [0.4, 0.5) is 28.4 Å². The van der Waals surface area contributed by atoms with Gasteiger partial charge >= 0.3 is 18.2 Å². The third-order valence-electron chi connectivity index (χ3n) is 7.32. The Morgan fingerprint density at radius 3 is 2.56 bits per heavy atom. The van der Waals surface area contributed by atoms with Gasteiger partial charge in [0, 0.05) is 23.7 Å². The molecule has 0 spiro atoms. The van der Waals surface area contributed by atoms with E-state index in [1.165, 1.54) is 15.7 Å². The van der Waals surface area contributed by atoms with E-state index in [1.807, 2.05) is 0 Å². The molecular formula is C23H26F3N5O3. The van der Waals surface area contributed by atoms with E-state index in [1.54, 1.807) is 24.3 Å². The Hall–Kier alpha value is -3.24.